The molecule has 1 aromatic rings. The molecule has 0 aromatic heterocycles. The van der Waals surface area contributed by atoms with Gasteiger partial charge in [0.05, 0.1) is 0 Å². The summed E-state index contributed by atoms with van der Waals surface area (Å²) in [5.74, 6) is 1.44. The normalized spacial score (nSPS) is 18.9. The predicted octanol–water partition coefficient (Wildman–Crippen LogP) is 3.92. The van der Waals surface area contributed by atoms with Gasteiger partial charge in [-0.25, -0.2) is 4.79 Å². The van der Waals surface area contributed by atoms with Crippen LogP contribution in [0, 0.1) is 20.8 Å². The van der Waals surface area contributed by atoms with Crippen molar-refractivity contribution in [2.45, 2.75) is 58.5 Å². The van der Waals surface area contributed by atoms with Crippen LogP contribution in [0.4, 0.5) is 4.79 Å². The summed E-state index contributed by atoms with van der Waals surface area (Å²) >= 11 is 0. The van der Waals surface area contributed by atoms with Crippen LogP contribution in [0.3, 0.4) is 0 Å². The summed E-state index contributed by atoms with van der Waals surface area (Å²) in [4.78, 5) is 10.9. The van der Waals surface area contributed by atoms with Gasteiger partial charge in [-0.3, -0.25) is 0 Å². The van der Waals surface area contributed by atoms with Crippen LogP contribution in [-0.2, 0) is 6.42 Å². The van der Waals surface area contributed by atoms with Gasteiger partial charge in [0, 0.05) is 5.56 Å². The Morgan fingerprint density at radius 1 is 1.15 bits per heavy atom. The van der Waals surface area contributed by atoms with Crippen molar-refractivity contribution in [1.82, 2.24) is 0 Å². The number of benzene rings is 1. The van der Waals surface area contributed by atoms with E-state index in [1.165, 1.54) is 6.42 Å². The van der Waals surface area contributed by atoms with Gasteiger partial charge in [0.15, 0.2) is 0 Å². The molecule has 2 aliphatic rings. The molecule has 1 aliphatic heterocycles. The monoisotopic (exact) mass is 276 g/mol. The first-order valence-corrected chi connectivity index (χ1v) is 7.16. The molecule has 0 atom stereocenters. The smallest absolute Gasteiger partial charge is 0.487 e. The standard InChI is InChI=1S/C16H20O4/c1-9-10(2)14-12(11(3)13(9)19-15(17)18)5-8-16(20-14)6-4-7-16/h4-8H2,1-3H3,(H,17,18). The Kier molecular flexibility index (Phi) is 2.92. The number of ether oxygens (including phenoxy) is 2. The Morgan fingerprint density at radius 3 is 2.40 bits per heavy atom. The number of carbonyl (C=O) groups is 1. The van der Waals surface area contributed by atoms with Crippen molar-refractivity contribution in [3.63, 3.8) is 0 Å². The van der Waals surface area contributed by atoms with Crippen LogP contribution in [0.2, 0.25) is 0 Å². The Balaban J connectivity index is 2.08. The first-order valence-electron chi connectivity index (χ1n) is 7.16. The van der Waals surface area contributed by atoms with Gasteiger partial charge in [-0.1, -0.05) is 0 Å². The Bertz CT molecular complexity index is 585. The van der Waals surface area contributed by atoms with E-state index in [0.29, 0.717) is 5.75 Å². The lowest BCUT2D eigenvalue weighted by molar-refractivity contribution is -0.0258. The van der Waals surface area contributed by atoms with Crippen molar-refractivity contribution in [1.29, 1.82) is 0 Å². The third-order valence-electron chi connectivity index (χ3n) is 4.91. The van der Waals surface area contributed by atoms with Crippen LogP contribution in [0.25, 0.3) is 0 Å². The molecule has 108 valence electrons. The summed E-state index contributed by atoms with van der Waals surface area (Å²) in [5, 5.41) is 8.89. The van der Waals surface area contributed by atoms with Crippen LogP contribution in [0.5, 0.6) is 11.5 Å². The van der Waals surface area contributed by atoms with E-state index < -0.39 is 6.16 Å². The molecular weight excluding hydrogens is 256 g/mol. The molecule has 0 radical (unpaired) electrons. The molecule has 3 rings (SSSR count). The maximum Gasteiger partial charge on any atom is 0.511 e. The van der Waals surface area contributed by atoms with Crippen LogP contribution in [0.15, 0.2) is 0 Å². The second kappa shape index (κ2) is 4.40. The number of carboxylic acid groups (broad SMARTS) is 1. The lowest BCUT2D eigenvalue weighted by Crippen LogP contribution is -2.46. The average molecular weight is 276 g/mol. The van der Waals surface area contributed by atoms with E-state index >= 15 is 0 Å². The maximum absolute atomic E-state index is 10.9. The topological polar surface area (TPSA) is 55.8 Å². The van der Waals surface area contributed by atoms with E-state index in [1.807, 2.05) is 20.8 Å². The molecule has 4 nitrogen and oxygen atoms in total. The van der Waals surface area contributed by atoms with Gasteiger partial charge in [0.25, 0.3) is 0 Å². The van der Waals surface area contributed by atoms with Gasteiger partial charge < -0.3 is 14.6 Å². The Labute approximate surface area is 118 Å². The first-order chi connectivity index (χ1) is 9.43. The predicted molar refractivity (Wildman–Crippen MR) is 74.8 cm³/mol. The summed E-state index contributed by atoms with van der Waals surface area (Å²) in [6, 6.07) is 0. The zero-order chi connectivity index (χ0) is 14.5. The molecule has 1 spiro atoms. The molecule has 1 fully saturated rings. The van der Waals surface area contributed by atoms with Crippen LogP contribution >= 0.6 is 0 Å². The second-order valence-corrected chi connectivity index (χ2v) is 6.02. The number of fused-ring (bicyclic) bond motifs is 1. The number of rotatable bonds is 1. The van der Waals surface area contributed by atoms with E-state index in [-0.39, 0.29) is 5.60 Å². The largest absolute Gasteiger partial charge is 0.511 e. The molecule has 20 heavy (non-hydrogen) atoms. The lowest BCUT2D eigenvalue weighted by Gasteiger charge is -2.46. The summed E-state index contributed by atoms with van der Waals surface area (Å²) < 4.78 is 11.3. The molecule has 0 saturated heterocycles. The molecule has 1 aliphatic carbocycles. The Morgan fingerprint density at radius 2 is 1.85 bits per heavy atom. The first kappa shape index (κ1) is 13.3. The average Bonchev–Trinajstić information content (AvgIpc) is 2.38. The SMILES string of the molecule is Cc1c(C)c2c(c(C)c1OC(=O)O)CCC1(CCC1)O2. The third-order valence-corrected chi connectivity index (χ3v) is 4.91. The molecule has 1 saturated carbocycles. The van der Waals surface area contributed by atoms with E-state index in [2.05, 4.69) is 0 Å². The van der Waals surface area contributed by atoms with Gasteiger partial charge >= 0.3 is 6.16 Å². The number of hydrogen-bond acceptors (Lipinski definition) is 3. The van der Waals surface area contributed by atoms with E-state index in [0.717, 1.165) is 53.7 Å². The highest BCUT2D eigenvalue weighted by atomic mass is 16.7. The number of hydrogen-bond donors (Lipinski definition) is 1. The molecule has 0 unspecified atom stereocenters. The molecule has 1 heterocycles. The highest BCUT2D eigenvalue weighted by Crippen LogP contribution is 2.49. The van der Waals surface area contributed by atoms with Crippen LogP contribution < -0.4 is 9.47 Å². The van der Waals surface area contributed by atoms with Gasteiger partial charge in [-0.05, 0) is 69.6 Å². The fourth-order valence-electron chi connectivity index (χ4n) is 3.38. The van der Waals surface area contributed by atoms with Crippen molar-refractivity contribution >= 4 is 6.16 Å². The summed E-state index contributed by atoms with van der Waals surface area (Å²) in [6.07, 6.45) is 4.22. The lowest BCUT2D eigenvalue weighted by atomic mass is 9.73. The molecule has 1 aromatic carbocycles. The summed E-state index contributed by atoms with van der Waals surface area (Å²) in [5.41, 5.74) is 3.93. The van der Waals surface area contributed by atoms with E-state index in [9.17, 15) is 4.79 Å². The van der Waals surface area contributed by atoms with Crippen molar-refractivity contribution in [3.05, 3.63) is 22.3 Å². The van der Waals surface area contributed by atoms with E-state index in [1.54, 1.807) is 0 Å². The molecule has 1 N–H and O–H groups in total. The minimum absolute atomic E-state index is 0.0474. The van der Waals surface area contributed by atoms with Crippen molar-refractivity contribution < 1.29 is 19.4 Å². The van der Waals surface area contributed by atoms with Gasteiger partial charge in [0.1, 0.15) is 17.1 Å². The summed E-state index contributed by atoms with van der Waals surface area (Å²) in [7, 11) is 0. The van der Waals surface area contributed by atoms with Crippen LogP contribution in [-0.4, -0.2) is 16.9 Å². The molecule has 0 bridgehead atoms. The van der Waals surface area contributed by atoms with E-state index in [4.69, 9.17) is 14.6 Å². The van der Waals surface area contributed by atoms with Crippen LogP contribution in [0.1, 0.15) is 47.9 Å². The highest BCUT2D eigenvalue weighted by Gasteiger charge is 2.43. The minimum Gasteiger partial charge on any atom is -0.487 e. The van der Waals surface area contributed by atoms with Gasteiger partial charge in [-0.2, -0.15) is 0 Å². The fraction of sp³-hybridized carbons (Fsp3) is 0.562. The zero-order valence-corrected chi connectivity index (χ0v) is 12.2. The van der Waals surface area contributed by atoms with Gasteiger partial charge in [-0.15, -0.1) is 0 Å². The molecule has 4 heteroatoms. The maximum atomic E-state index is 10.9. The second-order valence-electron chi connectivity index (χ2n) is 6.02. The van der Waals surface area contributed by atoms with Crippen molar-refractivity contribution in [2.75, 3.05) is 0 Å². The summed E-state index contributed by atoms with van der Waals surface area (Å²) in [6.45, 7) is 5.80. The van der Waals surface area contributed by atoms with Crippen molar-refractivity contribution in [2.24, 2.45) is 0 Å². The third kappa shape index (κ3) is 1.86. The molecule has 0 amide bonds. The zero-order valence-electron chi connectivity index (χ0n) is 12.2. The highest BCUT2D eigenvalue weighted by molar-refractivity contribution is 5.67. The van der Waals surface area contributed by atoms with Crippen molar-refractivity contribution in [3.8, 4) is 11.5 Å². The fourth-order valence-corrected chi connectivity index (χ4v) is 3.38. The Hall–Kier alpha value is -1.71. The quantitative estimate of drug-likeness (QED) is 0.624. The molecular formula is C16H20O4. The minimum atomic E-state index is -1.26. The van der Waals surface area contributed by atoms with Gasteiger partial charge in [0.2, 0.25) is 0 Å².